The Morgan fingerprint density at radius 3 is 2.91 bits per heavy atom. The lowest BCUT2D eigenvalue weighted by atomic mass is 10.0. The van der Waals surface area contributed by atoms with Crippen LogP contribution in [0, 0.1) is 11.8 Å². The molecule has 1 aromatic rings. The first-order valence-electron chi connectivity index (χ1n) is 7.61. The van der Waals surface area contributed by atoms with E-state index >= 15 is 0 Å². The summed E-state index contributed by atoms with van der Waals surface area (Å²) < 4.78 is 10.4. The van der Waals surface area contributed by atoms with E-state index in [0.717, 1.165) is 0 Å². The molecular formula is C16H20N2O5. The molecule has 0 aliphatic carbocycles. The number of carbonyl (C=O) groups excluding carboxylic acids is 2. The largest absolute Gasteiger partial charge is 0.508 e. The Labute approximate surface area is 134 Å². The quantitative estimate of drug-likeness (QED) is 0.759. The Morgan fingerprint density at radius 1 is 1.35 bits per heavy atom. The van der Waals surface area contributed by atoms with Gasteiger partial charge in [-0.2, -0.15) is 0 Å². The van der Waals surface area contributed by atoms with Gasteiger partial charge in [0.05, 0.1) is 12.5 Å². The molecule has 0 spiro atoms. The molecule has 2 N–H and O–H groups in total. The van der Waals surface area contributed by atoms with Gasteiger partial charge in [-0.1, -0.05) is 0 Å². The standard InChI is InChI=1S/C16H20N2O5/c1-22-2-3-23-13-5-10(4-12(19)6-13)16(21)18-8-11-7-17-15(20)14(11)9-18/h4-6,11,14,19H,2-3,7-9H2,1H3,(H,17,20)/t11-,14+/m0/s1. The number of rotatable bonds is 5. The Balaban J connectivity index is 1.71. The molecule has 2 amide bonds. The van der Waals surface area contributed by atoms with E-state index in [1.807, 2.05) is 0 Å². The maximum atomic E-state index is 12.6. The number of phenolic OH excluding ortho intramolecular Hbond substituents is 1. The van der Waals surface area contributed by atoms with Crippen molar-refractivity contribution in [3.63, 3.8) is 0 Å². The highest BCUT2D eigenvalue weighted by atomic mass is 16.5. The molecule has 23 heavy (non-hydrogen) atoms. The zero-order chi connectivity index (χ0) is 16.4. The van der Waals surface area contributed by atoms with E-state index in [-0.39, 0.29) is 29.4 Å². The average Bonchev–Trinajstić information content (AvgIpc) is 3.09. The van der Waals surface area contributed by atoms with Crippen molar-refractivity contribution in [2.75, 3.05) is 40.0 Å². The fraction of sp³-hybridized carbons (Fsp3) is 0.500. The van der Waals surface area contributed by atoms with Gasteiger partial charge in [0.1, 0.15) is 18.1 Å². The number of benzene rings is 1. The number of likely N-dealkylation sites (tertiary alicyclic amines) is 1. The molecule has 2 aliphatic heterocycles. The molecular weight excluding hydrogens is 300 g/mol. The number of nitrogens with one attached hydrogen (secondary N) is 1. The molecule has 1 aromatic carbocycles. The number of carbonyl (C=O) groups is 2. The SMILES string of the molecule is COCCOc1cc(O)cc(C(=O)N2C[C@@H]3CNC(=O)[C@@H]3C2)c1. The van der Waals surface area contributed by atoms with Crippen molar-refractivity contribution in [1.29, 1.82) is 0 Å². The highest BCUT2D eigenvalue weighted by Crippen LogP contribution is 2.30. The van der Waals surface area contributed by atoms with Gasteiger partial charge in [0.2, 0.25) is 5.91 Å². The van der Waals surface area contributed by atoms with E-state index < -0.39 is 0 Å². The van der Waals surface area contributed by atoms with Crippen LogP contribution in [0.4, 0.5) is 0 Å². The Kier molecular flexibility index (Phi) is 4.38. The normalized spacial score (nSPS) is 22.8. The summed E-state index contributed by atoms with van der Waals surface area (Å²) in [6.07, 6.45) is 0. The number of fused-ring (bicyclic) bond motifs is 1. The summed E-state index contributed by atoms with van der Waals surface area (Å²) in [7, 11) is 1.57. The molecule has 0 aromatic heterocycles. The number of phenols is 1. The monoisotopic (exact) mass is 320 g/mol. The number of ether oxygens (including phenoxy) is 2. The van der Waals surface area contributed by atoms with Crippen molar-refractivity contribution in [1.82, 2.24) is 10.2 Å². The first-order chi connectivity index (χ1) is 11.1. The summed E-state index contributed by atoms with van der Waals surface area (Å²) in [4.78, 5) is 26.0. The first-order valence-corrected chi connectivity index (χ1v) is 7.61. The van der Waals surface area contributed by atoms with Crippen LogP contribution < -0.4 is 10.1 Å². The fourth-order valence-electron chi connectivity index (χ4n) is 3.12. The summed E-state index contributed by atoms with van der Waals surface area (Å²) in [5.74, 6) is 0.280. The number of hydrogen-bond donors (Lipinski definition) is 2. The lowest BCUT2D eigenvalue weighted by molar-refractivity contribution is -0.122. The van der Waals surface area contributed by atoms with E-state index in [4.69, 9.17) is 9.47 Å². The van der Waals surface area contributed by atoms with Gasteiger partial charge in [-0.15, -0.1) is 0 Å². The fourth-order valence-corrected chi connectivity index (χ4v) is 3.12. The van der Waals surface area contributed by atoms with Gasteiger partial charge in [0, 0.05) is 44.3 Å². The predicted molar refractivity (Wildman–Crippen MR) is 81.4 cm³/mol. The minimum atomic E-state index is -0.195. The molecule has 2 heterocycles. The number of aromatic hydroxyl groups is 1. The molecule has 7 nitrogen and oxygen atoms in total. The summed E-state index contributed by atoms with van der Waals surface area (Å²) in [6, 6.07) is 4.48. The van der Waals surface area contributed by atoms with Crippen LogP contribution in [-0.4, -0.2) is 61.8 Å². The number of methoxy groups -OCH3 is 1. The molecule has 3 rings (SSSR count). The van der Waals surface area contributed by atoms with Crippen molar-refractivity contribution < 1.29 is 24.2 Å². The predicted octanol–water partition coefficient (Wildman–Crippen LogP) is 0.235. The van der Waals surface area contributed by atoms with Gasteiger partial charge in [0.15, 0.2) is 0 Å². The number of hydrogen-bond acceptors (Lipinski definition) is 5. The minimum absolute atomic E-state index is 0.0183. The lowest BCUT2D eigenvalue weighted by Crippen LogP contribution is -2.33. The third-order valence-electron chi connectivity index (χ3n) is 4.30. The lowest BCUT2D eigenvalue weighted by Gasteiger charge is -2.18. The maximum absolute atomic E-state index is 12.6. The first kappa shape index (κ1) is 15.6. The smallest absolute Gasteiger partial charge is 0.254 e. The molecule has 0 bridgehead atoms. The van der Waals surface area contributed by atoms with Crippen LogP contribution in [0.15, 0.2) is 18.2 Å². The van der Waals surface area contributed by atoms with E-state index in [1.54, 1.807) is 18.1 Å². The van der Waals surface area contributed by atoms with Crippen LogP contribution in [0.25, 0.3) is 0 Å². The topological polar surface area (TPSA) is 88.1 Å². The zero-order valence-corrected chi connectivity index (χ0v) is 12.9. The van der Waals surface area contributed by atoms with E-state index in [0.29, 0.717) is 44.2 Å². The summed E-state index contributed by atoms with van der Waals surface area (Å²) >= 11 is 0. The Bertz CT molecular complexity index is 618. The average molecular weight is 320 g/mol. The van der Waals surface area contributed by atoms with Crippen LogP contribution in [0.2, 0.25) is 0 Å². The third-order valence-corrected chi connectivity index (χ3v) is 4.30. The van der Waals surface area contributed by atoms with Crippen LogP contribution >= 0.6 is 0 Å². The Hall–Kier alpha value is -2.28. The van der Waals surface area contributed by atoms with Gasteiger partial charge >= 0.3 is 0 Å². The van der Waals surface area contributed by atoms with Gasteiger partial charge in [0.25, 0.3) is 5.91 Å². The number of nitrogens with zero attached hydrogens (tertiary/aromatic N) is 1. The van der Waals surface area contributed by atoms with Gasteiger partial charge in [-0.05, 0) is 12.1 Å². The second-order valence-electron chi connectivity index (χ2n) is 5.88. The van der Waals surface area contributed by atoms with E-state index in [2.05, 4.69) is 5.32 Å². The second kappa shape index (κ2) is 6.45. The minimum Gasteiger partial charge on any atom is -0.508 e. The molecule has 7 heteroatoms. The number of amides is 2. The van der Waals surface area contributed by atoms with Crippen molar-refractivity contribution in [3.8, 4) is 11.5 Å². The molecule has 0 radical (unpaired) electrons. The van der Waals surface area contributed by atoms with Crippen molar-refractivity contribution >= 4 is 11.8 Å². The highest BCUT2D eigenvalue weighted by Gasteiger charge is 2.43. The molecule has 0 unspecified atom stereocenters. The van der Waals surface area contributed by atoms with Crippen LogP contribution in [0.3, 0.4) is 0 Å². The summed E-state index contributed by atoms with van der Waals surface area (Å²) in [6.45, 7) is 2.35. The molecule has 0 saturated carbocycles. The molecule has 2 aliphatic rings. The molecule has 2 fully saturated rings. The van der Waals surface area contributed by atoms with Crippen molar-refractivity contribution in [2.45, 2.75) is 0 Å². The molecule has 2 atom stereocenters. The van der Waals surface area contributed by atoms with Crippen LogP contribution in [0.1, 0.15) is 10.4 Å². The van der Waals surface area contributed by atoms with E-state index in [9.17, 15) is 14.7 Å². The van der Waals surface area contributed by atoms with E-state index in [1.165, 1.54) is 12.1 Å². The molecule has 2 saturated heterocycles. The zero-order valence-electron chi connectivity index (χ0n) is 12.9. The highest BCUT2D eigenvalue weighted by molar-refractivity contribution is 5.96. The Morgan fingerprint density at radius 2 is 2.17 bits per heavy atom. The van der Waals surface area contributed by atoms with Gasteiger partial charge in [-0.25, -0.2) is 0 Å². The maximum Gasteiger partial charge on any atom is 0.254 e. The summed E-state index contributed by atoms with van der Waals surface area (Å²) in [5, 5.41) is 12.6. The second-order valence-corrected chi connectivity index (χ2v) is 5.88. The van der Waals surface area contributed by atoms with Crippen LogP contribution in [0.5, 0.6) is 11.5 Å². The van der Waals surface area contributed by atoms with Crippen molar-refractivity contribution in [2.24, 2.45) is 11.8 Å². The van der Waals surface area contributed by atoms with Gasteiger partial charge in [-0.3, -0.25) is 9.59 Å². The summed E-state index contributed by atoms with van der Waals surface area (Å²) in [5.41, 5.74) is 0.359. The molecule has 124 valence electrons. The van der Waals surface area contributed by atoms with Gasteiger partial charge < -0.3 is 24.8 Å². The third kappa shape index (κ3) is 3.24. The van der Waals surface area contributed by atoms with Crippen molar-refractivity contribution in [3.05, 3.63) is 23.8 Å². The van der Waals surface area contributed by atoms with Crippen LogP contribution in [-0.2, 0) is 9.53 Å².